The van der Waals surface area contributed by atoms with Crippen LogP contribution in [0.15, 0.2) is 36.0 Å². The van der Waals surface area contributed by atoms with Crippen LogP contribution < -0.4 is 5.73 Å². The van der Waals surface area contributed by atoms with Crippen LogP contribution in [0.5, 0.6) is 0 Å². The molecule has 1 rings (SSSR count). The highest BCUT2D eigenvalue weighted by atomic mass is 16.6. The Kier molecular flexibility index (Phi) is 14.9. The van der Waals surface area contributed by atoms with E-state index in [2.05, 4.69) is 0 Å². The SMILES string of the molecule is CC/C=C\[C@H](C)[C@H](OC(N)=O)[C@@H](C)[C@H](O)[C@@H](C)C/C(C)=C\[C@H](C)[C@@H](O)[C@@H](C)/C=C\[C@@H](O)C[C@H]1CCC(=O)O1. The quantitative estimate of drug-likeness (QED) is 0.166. The molecule has 1 aliphatic rings. The molecule has 38 heavy (non-hydrogen) atoms. The van der Waals surface area contributed by atoms with Crippen LogP contribution in [0.4, 0.5) is 4.79 Å². The fourth-order valence-electron chi connectivity index (χ4n) is 5.24. The van der Waals surface area contributed by atoms with Crippen molar-refractivity contribution in [1.82, 2.24) is 0 Å². The smallest absolute Gasteiger partial charge is 0.404 e. The first-order valence-electron chi connectivity index (χ1n) is 14.0. The molecule has 0 aromatic heterocycles. The summed E-state index contributed by atoms with van der Waals surface area (Å²) in [5.41, 5.74) is 6.35. The molecule has 8 heteroatoms. The lowest BCUT2D eigenvalue weighted by atomic mass is 9.81. The van der Waals surface area contributed by atoms with Gasteiger partial charge in [-0.2, -0.15) is 0 Å². The maximum Gasteiger partial charge on any atom is 0.404 e. The largest absolute Gasteiger partial charge is 0.462 e. The molecule has 10 atom stereocenters. The Hall–Kier alpha value is -2.16. The maximum absolute atomic E-state index is 11.5. The van der Waals surface area contributed by atoms with Gasteiger partial charge in [-0.25, -0.2) is 4.79 Å². The number of rotatable bonds is 16. The van der Waals surface area contributed by atoms with Crippen molar-refractivity contribution in [3.8, 4) is 0 Å². The third-order valence-electron chi connectivity index (χ3n) is 7.46. The monoisotopic (exact) mass is 537 g/mol. The number of esters is 1. The van der Waals surface area contributed by atoms with Crippen molar-refractivity contribution in [1.29, 1.82) is 0 Å². The molecule has 0 bridgehead atoms. The number of hydrogen-bond donors (Lipinski definition) is 4. The zero-order valence-electron chi connectivity index (χ0n) is 24.2. The van der Waals surface area contributed by atoms with Crippen LogP contribution in [-0.2, 0) is 14.3 Å². The summed E-state index contributed by atoms with van der Waals surface area (Å²) in [5.74, 6) is -1.08. The summed E-state index contributed by atoms with van der Waals surface area (Å²) in [4.78, 5) is 22.7. The second-order valence-corrected chi connectivity index (χ2v) is 11.2. The third kappa shape index (κ3) is 11.7. The van der Waals surface area contributed by atoms with Crippen LogP contribution in [0, 0.1) is 29.6 Å². The van der Waals surface area contributed by atoms with Gasteiger partial charge in [0.05, 0.1) is 18.3 Å². The van der Waals surface area contributed by atoms with Gasteiger partial charge in [0, 0.05) is 36.5 Å². The van der Waals surface area contributed by atoms with Crippen LogP contribution in [0.1, 0.15) is 80.6 Å². The predicted octanol–water partition coefficient (Wildman–Crippen LogP) is 4.67. The fourth-order valence-corrected chi connectivity index (χ4v) is 5.24. The van der Waals surface area contributed by atoms with Crippen LogP contribution in [0.3, 0.4) is 0 Å². The van der Waals surface area contributed by atoms with Crippen LogP contribution in [-0.4, -0.2) is 57.9 Å². The molecule has 0 aromatic rings. The minimum absolute atomic E-state index is 0.0904. The highest BCUT2D eigenvalue weighted by Crippen LogP contribution is 2.29. The number of carbonyl (C=O) groups excluding carboxylic acids is 2. The van der Waals surface area contributed by atoms with Crippen molar-refractivity contribution in [2.45, 2.75) is 111 Å². The van der Waals surface area contributed by atoms with Crippen LogP contribution in [0.2, 0.25) is 0 Å². The summed E-state index contributed by atoms with van der Waals surface area (Å²) in [6, 6.07) is 0. The van der Waals surface area contributed by atoms with Crippen molar-refractivity contribution < 1.29 is 34.4 Å². The number of aliphatic hydroxyl groups excluding tert-OH is 3. The molecule has 0 radical (unpaired) electrons. The molecule has 1 heterocycles. The van der Waals surface area contributed by atoms with Gasteiger partial charge < -0.3 is 30.5 Å². The minimum Gasteiger partial charge on any atom is -0.462 e. The number of amides is 1. The summed E-state index contributed by atoms with van der Waals surface area (Å²) < 4.78 is 10.5. The van der Waals surface area contributed by atoms with E-state index >= 15 is 0 Å². The van der Waals surface area contributed by atoms with Crippen LogP contribution >= 0.6 is 0 Å². The molecular formula is C30H51NO7. The first kappa shape index (κ1) is 33.9. The Morgan fingerprint density at radius 2 is 1.71 bits per heavy atom. The van der Waals surface area contributed by atoms with Gasteiger partial charge in [0.1, 0.15) is 12.2 Å². The van der Waals surface area contributed by atoms with Crippen molar-refractivity contribution in [2.75, 3.05) is 0 Å². The van der Waals surface area contributed by atoms with E-state index < -0.39 is 30.5 Å². The predicted molar refractivity (Wildman–Crippen MR) is 149 cm³/mol. The topological polar surface area (TPSA) is 139 Å². The van der Waals surface area contributed by atoms with E-state index in [9.17, 15) is 24.9 Å². The average molecular weight is 538 g/mol. The van der Waals surface area contributed by atoms with Gasteiger partial charge in [0.25, 0.3) is 0 Å². The molecule has 1 fully saturated rings. The van der Waals surface area contributed by atoms with E-state index in [1.807, 2.05) is 66.7 Å². The number of aliphatic hydroxyl groups is 3. The molecule has 5 N–H and O–H groups in total. The number of hydrogen-bond acceptors (Lipinski definition) is 7. The zero-order valence-corrected chi connectivity index (χ0v) is 24.2. The lowest BCUT2D eigenvalue weighted by molar-refractivity contribution is -0.142. The summed E-state index contributed by atoms with van der Waals surface area (Å²) >= 11 is 0. The Labute approximate surface area is 229 Å². The normalized spacial score (nSPS) is 23.9. The minimum atomic E-state index is -0.852. The summed E-state index contributed by atoms with van der Waals surface area (Å²) in [6.07, 6.45) is 8.57. The molecule has 0 saturated carbocycles. The van der Waals surface area contributed by atoms with Gasteiger partial charge in [-0.15, -0.1) is 0 Å². The summed E-state index contributed by atoms with van der Waals surface area (Å²) in [5, 5.41) is 32.1. The standard InChI is InChI=1S/C30H51NO7/c1-8-9-10-20(4)29(38-30(31)36)23(7)28(35)22(6)16-18(2)15-21(5)27(34)19(3)11-12-24(32)17-25-13-14-26(33)37-25/h9-12,15,19-25,27-29,32,34-35H,8,13-14,16-17H2,1-7H3,(H2,31,36)/b10-9-,12-11-,18-15-/t19-,20-,21-,22-,23-,24+,25+,27-,28+,29-/m0/s1. The second kappa shape index (κ2) is 16.7. The van der Waals surface area contributed by atoms with Gasteiger partial charge in [-0.3, -0.25) is 4.79 Å². The highest BCUT2D eigenvalue weighted by Gasteiger charge is 2.33. The van der Waals surface area contributed by atoms with Crippen molar-refractivity contribution in [3.63, 3.8) is 0 Å². The van der Waals surface area contributed by atoms with E-state index in [1.165, 1.54) is 0 Å². The van der Waals surface area contributed by atoms with E-state index in [1.54, 1.807) is 12.2 Å². The molecule has 0 spiro atoms. The first-order valence-corrected chi connectivity index (χ1v) is 14.0. The lowest BCUT2D eigenvalue weighted by Crippen LogP contribution is -2.41. The number of primary amides is 1. The fraction of sp³-hybridized carbons (Fsp3) is 0.733. The zero-order chi connectivity index (χ0) is 29.0. The summed E-state index contributed by atoms with van der Waals surface area (Å²) in [6.45, 7) is 13.6. The molecule has 218 valence electrons. The van der Waals surface area contributed by atoms with Gasteiger partial charge in [0.2, 0.25) is 0 Å². The van der Waals surface area contributed by atoms with Crippen molar-refractivity contribution in [2.24, 2.45) is 35.3 Å². The number of ether oxygens (including phenoxy) is 2. The van der Waals surface area contributed by atoms with E-state index in [0.717, 1.165) is 12.0 Å². The molecule has 8 nitrogen and oxygen atoms in total. The Morgan fingerprint density at radius 1 is 1.05 bits per heavy atom. The Bertz CT molecular complexity index is 823. The molecular weight excluding hydrogens is 486 g/mol. The highest BCUT2D eigenvalue weighted by molar-refractivity contribution is 5.71. The number of allylic oxidation sites excluding steroid dienone is 2. The molecule has 1 aliphatic heterocycles. The third-order valence-corrected chi connectivity index (χ3v) is 7.46. The Morgan fingerprint density at radius 3 is 2.26 bits per heavy atom. The molecule has 1 amide bonds. The van der Waals surface area contributed by atoms with E-state index in [4.69, 9.17) is 15.2 Å². The first-order chi connectivity index (χ1) is 17.8. The number of carbonyl (C=O) groups is 2. The Balaban J connectivity index is 2.70. The molecule has 0 aromatic carbocycles. The molecule has 0 aliphatic carbocycles. The van der Waals surface area contributed by atoms with Gasteiger partial charge >= 0.3 is 12.1 Å². The number of cyclic esters (lactones) is 1. The number of nitrogens with two attached hydrogens (primary N) is 1. The van der Waals surface area contributed by atoms with Gasteiger partial charge in [0.15, 0.2) is 0 Å². The van der Waals surface area contributed by atoms with Gasteiger partial charge in [-0.05, 0) is 32.1 Å². The van der Waals surface area contributed by atoms with E-state index in [0.29, 0.717) is 25.7 Å². The second-order valence-electron chi connectivity index (χ2n) is 11.2. The molecule has 0 unspecified atom stereocenters. The lowest BCUT2D eigenvalue weighted by Gasteiger charge is -2.33. The average Bonchev–Trinajstić information content (AvgIpc) is 3.26. The van der Waals surface area contributed by atoms with Crippen molar-refractivity contribution in [3.05, 3.63) is 36.0 Å². The maximum atomic E-state index is 11.5. The van der Waals surface area contributed by atoms with E-state index in [-0.39, 0.29) is 41.7 Å². The molecule has 1 saturated heterocycles. The summed E-state index contributed by atoms with van der Waals surface area (Å²) in [7, 11) is 0. The van der Waals surface area contributed by atoms with Gasteiger partial charge in [-0.1, -0.05) is 77.5 Å². The van der Waals surface area contributed by atoms with Crippen molar-refractivity contribution >= 4 is 12.1 Å². The van der Waals surface area contributed by atoms with Crippen LogP contribution in [0.25, 0.3) is 0 Å².